The summed E-state index contributed by atoms with van der Waals surface area (Å²) in [7, 11) is 1.56. The first-order valence-corrected chi connectivity index (χ1v) is 12.7. The van der Waals surface area contributed by atoms with E-state index in [1.165, 1.54) is 30.3 Å². The molecule has 0 spiro atoms. The van der Waals surface area contributed by atoms with Crippen LogP contribution in [-0.2, 0) is 19.7 Å². The van der Waals surface area contributed by atoms with E-state index in [0.29, 0.717) is 13.0 Å². The maximum atomic E-state index is 15.6. The summed E-state index contributed by atoms with van der Waals surface area (Å²) in [6, 6.07) is 8.73. The van der Waals surface area contributed by atoms with Gasteiger partial charge in [0, 0.05) is 29.7 Å². The Kier molecular flexibility index (Phi) is 8.61. The zero-order valence-electron chi connectivity index (χ0n) is 21.8. The number of halogens is 4. The van der Waals surface area contributed by atoms with E-state index in [-0.39, 0.29) is 21.2 Å². The summed E-state index contributed by atoms with van der Waals surface area (Å²) >= 11 is 12.2. The average Bonchev–Trinajstić information content (AvgIpc) is 3.08. The average molecular weight is 553 g/mol. The minimum atomic E-state index is -1.73. The lowest BCUT2D eigenvalue weighted by molar-refractivity contribution is -0.157. The highest BCUT2D eigenvalue weighted by molar-refractivity contribution is 6.31. The van der Waals surface area contributed by atoms with Crippen molar-refractivity contribution in [3.63, 3.8) is 0 Å². The molecule has 0 aromatic heterocycles. The Labute approximate surface area is 227 Å². The topological polar surface area (TPSA) is 71.3 Å². The summed E-state index contributed by atoms with van der Waals surface area (Å²) in [6.07, 6.45) is 0.300. The maximum Gasteiger partial charge on any atom is 0.324 e. The van der Waals surface area contributed by atoms with Crippen LogP contribution in [0.15, 0.2) is 36.4 Å². The van der Waals surface area contributed by atoms with Crippen LogP contribution in [0.4, 0.5) is 8.78 Å². The standard InChI is InChI=1S/C28H32Cl2F2N2O3/c1-26(2,3)37-25(35)24-22(17-8-7-9-19(30)23(17)32)28(14-33,18-11-10-16(29)12-20(18)31)21(34-24)13-27(4,5)15-36-6/h7-12,21-22,24,34H,13,15H2,1-6H3/t21-,22-,24+,28-/m0/s1. The molecule has 1 aliphatic heterocycles. The highest BCUT2D eigenvalue weighted by Crippen LogP contribution is 2.53. The number of carbonyl (C=O) groups excluding carboxylic acids is 1. The third-order valence-corrected chi connectivity index (χ3v) is 7.11. The molecular formula is C28H32Cl2F2N2O3. The molecule has 4 atom stereocenters. The number of esters is 1. The maximum absolute atomic E-state index is 15.6. The van der Waals surface area contributed by atoms with Crippen molar-refractivity contribution in [2.75, 3.05) is 13.7 Å². The van der Waals surface area contributed by atoms with Crippen molar-refractivity contribution < 1.29 is 23.0 Å². The monoisotopic (exact) mass is 552 g/mol. The summed E-state index contributed by atoms with van der Waals surface area (Å²) in [4.78, 5) is 13.6. The van der Waals surface area contributed by atoms with Gasteiger partial charge in [-0.3, -0.25) is 10.1 Å². The number of hydrogen-bond donors (Lipinski definition) is 1. The van der Waals surface area contributed by atoms with E-state index in [9.17, 15) is 10.1 Å². The number of carbonyl (C=O) groups is 1. The Morgan fingerprint density at radius 2 is 1.84 bits per heavy atom. The van der Waals surface area contributed by atoms with Crippen molar-refractivity contribution >= 4 is 29.2 Å². The van der Waals surface area contributed by atoms with Crippen molar-refractivity contribution in [2.24, 2.45) is 5.41 Å². The van der Waals surface area contributed by atoms with Crippen LogP contribution < -0.4 is 5.32 Å². The third-order valence-electron chi connectivity index (χ3n) is 6.59. The number of hydrogen-bond acceptors (Lipinski definition) is 5. The molecule has 0 bridgehead atoms. The molecule has 1 saturated heterocycles. The van der Waals surface area contributed by atoms with Crippen LogP contribution in [0.25, 0.3) is 0 Å². The largest absolute Gasteiger partial charge is 0.459 e. The molecule has 0 unspecified atom stereocenters. The van der Waals surface area contributed by atoms with E-state index in [0.717, 1.165) is 6.07 Å². The molecule has 0 radical (unpaired) electrons. The summed E-state index contributed by atoms with van der Waals surface area (Å²) in [5, 5.41) is 14.1. The van der Waals surface area contributed by atoms with Crippen LogP contribution in [-0.4, -0.2) is 37.4 Å². The van der Waals surface area contributed by atoms with Gasteiger partial charge in [0.25, 0.3) is 0 Å². The smallest absolute Gasteiger partial charge is 0.324 e. The van der Waals surface area contributed by atoms with E-state index in [2.05, 4.69) is 11.4 Å². The number of benzene rings is 2. The lowest BCUT2D eigenvalue weighted by atomic mass is 9.62. The van der Waals surface area contributed by atoms with E-state index in [4.69, 9.17) is 32.7 Å². The van der Waals surface area contributed by atoms with Crippen LogP contribution in [0.3, 0.4) is 0 Å². The van der Waals surface area contributed by atoms with Crippen molar-refractivity contribution in [3.05, 3.63) is 69.2 Å². The SMILES string of the molecule is COCC(C)(C)C[C@@H]1N[C@@H](C(=O)OC(C)(C)C)[C@H](c2cccc(Cl)c2F)[C@@]1(C#N)c1ccc(Cl)cc1F. The minimum absolute atomic E-state index is 0.000510. The Balaban J connectivity index is 2.36. The third kappa shape index (κ3) is 5.93. The predicted molar refractivity (Wildman–Crippen MR) is 140 cm³/mol. The number of rotatable bonds is 7. The number of nitrogens with zero attached hydrogens (tertiary/aromatic N) is 1. The van der Waals surface area contributed by atoms with Gasteiger partial charge in [0.05, 0.1) is 17.7 Å². The molecule has 1 N–H and O–H groups in total. The first kappa shape index (κ1) is 29.3. The number of ether oxygens (including phenoxy) is 2. The summed E-state index contributed by atoms with van der Waals surface area (Å²) in [5.41, 5.74) is -3.06. The second-order valence-electron chi connectivity index (χ2n) is 11.3. The Morgan fingerprint density at radius 3 is 2.41 bits per heavy atom. The van der Waals surface area contributed by atoms with Gasteiger partial charge in [0.2, 0.25) is 0 Å². The molecule has 1 heterocycles. The molecule has 0 saturated carbocycles. The van der Waals surface area contributed by atoms with Crippen molar-refractivity contribution in [3.8, 4) is 6.07 Å². The van der Waals surface area contributed by atoms with Crippen LogP contribution in [0, 0.1) is 28.4 Å². The number of nitrogens with one attached hydrogen (secondary N) is 1. The van der Waals surface area contributed by atoms with E-state index in [1.807, 2.05) is 13.8 Å². The molecule has 2 aromatic rings. The van der Waals surface area contributed by atoms with Gasteiger partial charge >= 0.3 is 5.97 Å². The van der Waals surface area contributed by atoms with Crippen LogP contribution in [0.2, 0.25) is 10.0 Å². The number of nitriles is 1. The number of methoxy groups -OCH3 is 1. The highest BCUT2D eigenvalue weighted by Gasteiger charge is 2.62. The Morgan fingerprint density at radius 1 is 1.16 bits per heavy atom. The first-order valence-electron chi connectivity index (χ1n) is 12.0. The zero-order chi connectivity index (χ0) is 27.8. The second-order valence-corrected chi connectivity index (χ2v) is 12.1. The molecule has 0 aliphatic carbocycles. The molecule has 2 aromatic carbocycles. The molecule has 1 fully saturated rings. The fourth-order valence-electron chi connectivity index (χ4n) is 5.29. The molecular weight excluding hydrogens is 521 g/mol. The fourth-order valence-corrected chi connectivity index (χ4v) is 5.63. The van der Waals surface area contributed by atoms with Crippen LogP contribution in [0.5, 0.6) is 0 Å². The normalized spacial score (nSPS) is 24.1. The lowest BCUT2D eigenvalue weighted by Crippen LogP contribution is -2.46. The van der Waals surface area contributed by atoms with Gasteiger partial charge in [-0.15, -0.1) is 0 Å². The Hall–Kier alpha value is -2.24. The molecule has 200 valence electrons. The lowest BCUT2D eigenvalue weighted by Gasteiger charge is -2.38. The minimum Gasteiger partial charge on any atom is -0.459 e. The van der Waals surface area contributed by atoms with Gasteiger partial charge < -0.3 is 9.47 Å². The fraction of sp³-hybridized carbons (Fsp3) is 0.500. The molecule has 3 rings (SSSR count). The molecule has 5 nitrogen and oxygen atoms in total. The summed E-state index contributed by atoms with van der Waals surface area (Å²) < 4.78 is 42.3. The van der Waals surface area contributed by atoms with Gasteiger partial charge in [-0.1, -0.05) is 55.2 Å². The van der Waals surface area contributed by atoms with Gasteiger partial charge in [-0.05, 0) is 56.4 Å². The predicted octanol–water partition coefficient (Wildman–Crippen LogP) is 6.56. The van der Waals surface area contributed by atoms with Crippen molar-refractivity contribution in [2.45, 2.75) is 70.1 Å². The van der Waals surface area contributed by atoms with E-state index < -0.39 is 52.0 Å². The van der Waals surface area contributed by atoms with E-state index in [1.54, 1.807) is 27.9 Å². The Bertz CT molecular complexity index is 1210. The zero-order valence-corrected chi connectivity index (χ0v) is 23.3. The second kappa shape index (κ2) is 10.9. The molecule has 9 heteroatoms. The molecule has 0 amide bonds. The van der Waals surface area contributed by atoms with Crippen LogP contribution in [0.1, 0.15) is 58.1 Å². The first-order chi connectivity index (χ1) is 17.2. The van der Waals surface area contributed by atoms with Gasteiger partial charge in [-0.2, -0.15) is 5.26 Å². The van der Waals surface area contributed by atoms with Gasteiger partial charge in [-0.25, -0.2) is 8.78 Å². The van der Waals surface area contributed by atoms with Crippen LogP contribution >= 0.6 is 23.2 Å². The van der Waals surface area contributed by atoms with Crippen molar-refractivity contribution in [1.82, 2.24) is 5.32 Å². The summed E-state index contributed by atoms with van der Waals surface area (Å²) in [5.74, 6) is -3.37. The van der Waals surface area contributed by atoms with Crippen molar-refractivity contribution in [1.29, 1.82) is 5.26 Å². The van der Waals surface area contributed by atoms with Gasteiger partial charge in [0.15, 0.2) is 0 Å². The quantitative estimate of drug-likeness (QED) is 0.393. The highest BCUT2D eigenvalue weighted by atomic mass is 35.5. The molecule has 1 aliphatic rings. The molecule has 37 heavy (non-hydrogen) atoms. The van der Waals surface area contributed by atoms with E-state index >= 15 is 8.78 Å². The van der Waals surface area contributed by atoms with Gasteiger partial charge in [0.1, 0.15) is 28.7 Å². The summed E-state index contributed by atoms with van der Waals surface area (Å²) in [6.45, 7) is 9.35.